The van der Waals surface area contributed by atoms with Crippen molar-refractivity contribution in [3.63, 3.8) is 0 Å². The Morgan fingerprint density at radius 1 is 1.26 bits per heavy atom. The van der Waals surface area contributed by atoms with Crippen LogP contribution in [0.3, 0.4) is 0 Å². The van der Waals surface area contributed by atoms with Crippen LogP contribution in [0.15, 0.2) is 0 Å². The maximum Gasteiger partial charge on any atom is 0.245 e. The van der Waals surface area contributed by atoms with Gasteiger partial charge >= 0.3 is 0 Å². The molecule has 2 aliphatic rings. The maximum absolute atomic E-state index is 12.5. The van der Waals surface area contributed by atoms with Crippen molar-refractivity contribution < 1.29 is 14.3 Å². The summed E-state index contributed by atoms with van der Waals surface area (Å²) < 4.78 is 5.28. The lowest BCUT2D eigenvalue weighted by molar-refractivity contribution is -0.140. The molecule has 6 nitrogen and oxygen atoms in total. The average Bonchev–Trinajstić information content (AvgIpc) is 2.60. The van der Waals surface area contributed by atoms with Crippen LogP contribution >= 0.6 is 0 Å². The highest BCUT2D eigenvalue weighted by atomic mass is 16.5. The summed E-state index contributed by atoms with van der Waals surface area (Å²) in [6.07, 6.45) is 3.41. The summed E-state index contributed by atoms with van der Waals surface area (Å²) in [7, 11) is 0. The third-order valence-electron chi connectivity index (χ3n) is 5.06. The largest absolute Gasteiger partial charge is 0.378 e. The van der Waals surface area contributed by atoms with E-state index in [0.717, 1.165) is 25.9 Å². The van der Waals surface area contributed by atoms with Crippen LogP contribution in [-0.2, 0) is 14.3 Å². The molecule has 0 aromatic carbocycles. The zero-order chi connectivity index (χ0) is 16.7. The fraction of sp³-hybridized carbons (Fsp3) is 0.882. The molecule has 2 heterocycles. The van der Waals surface area contributed by atoms with Crippen molar-refractivity contribution >= 4 is 11.8 Å². The fourth-order valence-electron chi connectivity index (χ4n) is 3.47. The van der Waals surface area contributed by atoms with Gasteiger partial charge in [-0.15, -0.1) is 0 Å². The zero-order valence-electron chi connectivity index (χ0n) is 14.5. The smallest absolute Gasteiger partial charge is 0.245 e. The van der Waals surface area contributed by atoms with Crippen molar-refractivity contribution in [3.8, 4) is 0 Å². The SMILES string of the molecule is CCC(NC(=O)CC(C)C1CCNCC1)C(=O)N1CCOCC1. The second kappa shape index (κ2) is 9.23. The quantitative estimate of drug-likeness (QED) is 0.757. The highest BCUT2D eigenvalue weighted by Crippen LogP contribution is 2.24. The van der Waals surface area contributed by atoms with Gasteiger partial charge < -0.3 is 20.3 Å². The van der Waals surface area contributed by atoms with Crippen LogP contribution in [0.1, 0.15) is 39.5 Å². The van der Waals surface area contributed by atoms with E-state index in [1.165, 1.54) is 0 Å². The molecule has 23 heavy (non-hydrogen) atoms. The number of piperidine rings is 1. The van der Waals surface area contributed by atoms with Crippen molar-refractivity contribution in [1.82, 2.24) is 15.5 Å². The summed E-state index contributed by atoms with van der Waals surface area (Å²) in [5.74, 6) is 1.01. The molecule has 6 heteroatoms. The van der Waals surface area contributed by atoms with Crippen LogP contribution in [0.4, 0.5) is 0 Å². The van der Waals surface area contributed by atoms with E-state index in [4.69, 9.17) is 4.74 Å². The highest BCUT2D eigenvalue weighted by Gasteiger charge is 2.27. The van der Waals surface area contributed by atoms with Gasteiger partial charge in [0.15, 0.2) is 0 Å². The van der Waals surface area contributed by atoms with Gasteiger partial charge in [0.25, 0.3) is 0 Å². The molecule has 132 valence electrons. The van der Waals surface area contributed by atoms with Crippen LogP contribution < -0.4 is 10.6 Å². The number of carbonyl (C=O) groups is 2. The minimum Gasteiger partial charge on any atom is -0.378 e. The fourth-order valence-corrected chi connectivity index (χ4v) is 3.47. The Balaban J connectivity index is 1.80. The van der Waals surface area contributed by atoms with Gasteiger partial charge in [-0.05, 0) is 44.2 Å². The molecule has 2 atom stereocenters. The van der Waals surface area contributed by atoms with Gasteiger partial charge in [-0.25, -0.2) is 0 Å². The molecule has 0 aromatic heterocycles. The average molecular weight is 325 g/mol. The summed E-state index contributed by atoms with van der Waals surface area (Å²) in [6.45, 7) is 8.60. The Hall–Kier alpha value is -1.14. The molecule has 2 fully saturated rings. The van der Waals surface area contributed by atoms with Crippen molar-refractivity contribution in [2.75, 3.05) is 39.4 Å². The van der Waals surface area contributed by atoms with Crippen LogP contribution in [0.25, 0.3) is 0 Å². The van der Waals surface area contributed by atoms with E-state index in [2.05, 4.69) is 17.6 Å². The van der Waals surface area contributed by atoms with Gasteiger partial charge in [0.1, 0.15) is 6.04 Å². The Labute approximate surface area is 139 Å². The van der Waals surface area contributed by atoms with Gasteiger partial charge in [-0.1, -0.05) is 13.8 Å². The monoisotopic (exact) mass is 325 g/mol. The van der Waals surface area contributed by atoms with Crippen LogP contribution in [0, 0.1) is 11.8 Å². The lowest BCUT2D eigenvalue weighted by atomic mass is 9.84. The van der Waals surface area contributed by atoms with Crippen molar-refractivity contribution in [3.05, 3.63) is 0 Å². The molecule has 0 radical (unpaired) electrons. The number of amides is 2. The van der Waals surface area contributed by atoms with E-state index in [1.54, 1.807) is 4.90 Å². The minimum atomic E-state index is -0.402. The standard InChI is InChI=1S/C17H31N3O3/c1-3-15(17(22)20-8-10-23-11-9-20)19-16(21)12-13(2)14-4-6-18-7-5-14/h13-15,18H,3-12H2,1-2H3,(H,19,21). The summed E-state index contributed by atoms with van der Waals surface area (Å²) in [6, 6.07) is -0.402. The molecule has 0 aliphatic carbocycles. The number of rotatable bonds is 6. The van der Waals surface area contributed by atoms with Crippen molar-refractivity contribution in [1.29, 1.82) is 0 Å². The van der Waals surface area contributed by atoms with Gasteiger partial charge in [-0.2, -0.15) is 0 Å². The highest BCUT2D eigenvalue weighted by molar-refractivity contribution is 5.87. The van der Waals surface area contributed by atoms with E-state index in [-0.39, 0.29) is 11.8 Å². The maximum atomic E-state index is 12.5. The van der Waals surface area contributed by atoms with Gasteiger partial charge in [0.05, 0.1) is 13.2 Å². The van der Waals surface area contributed by atoms with Crippen molar-refractivity contribution in [2.45, 2.75) is 45.6 Å². The lowest BCUT2D eigenvalue weighted by Gasteiger charge is -2.31. The molecule has 2 unspecified atom stereocenters. The third-order valence-corrected chi connectivity index (χ3v) is 5.06. The Morgan fingerprint density at radius 3 is 2.52 bits per heavy atom. The van der Waals surface area contributed by atoms with Gasteiger partial charge in [-0.3, -0.25) is 9.59 Å². The molecule has 0 bridgehead atoms. The van der Waals surface area contributed by atoms with Crippen LogP contribution in [-0.4, -0.2) is 62.1 Å². The Bertz CT molecular complexity index is 391. The number of morpholine rings is 1. The second-order valence-corrected chi connectivity index (χ2v) is 6.73. The molecule has 2 amide bonds. The summed E-state index contributed by atoms with van der Waals surface area (Å²) in [4.78, 5) is 26.6. The summed E-state index contributed by atoms with van der Waals surface area (Å²) in [5, 5.41) is 6.30. The Kier molecular flexibility index (Phi) is 7.30. The molecule has 0 saturated carbocycles. The predicted molar refractivity (Wildman–Crippen MR) is 89.0 cm³/mol. The second-order valence-electron chi connectivity index (χ2n) is 6.73. The van der Waals surface area contributed by atoms with Crippen molar-refractivity contribution in [2.24, 2.45) is 11.8 Å². The number of hydrogen-bond acceptors (Lipinski definition) is 4. The lowest BCUT2D eigenvalue weighted by Crippen LogP contribution is -2.51. The van der Waals surface area contributed by atoms with Gasteiger partial charge in [0, 0.05) is 19.5 Å². The van der Waals surface area contributed by atoms with E-state index in [9.17, 15) is 9.59 Å². The molecule has 2 rings (SSSR count). The van der Waals surface area contributed by atoms with Gasteiger partial charge in [0.2, 0.25) is 11.8 Å². The molecule has 2 saturated heterocycles. The third kappa shape index (κ3) is 5.46. The first-order valence-electron chi connectivity index (χ1n) is 8.98. The van der Waals surface area contributed by atoms with Crippen LogP contribution in [0.2, 0.25) is 0 Å². The molecular weight excluding hydrogens is 294 g/mol. The van der Waals surface area contributed by atoms with E-state index in [1.807, 2.05) is 6.92 Å². The molecule has 2 N–H and O–H groups in total. The number of nitrogens with one attached hydrogen (secondary N) is 2. The summed E-state index contributed by atoms with van der Waals surface area (Å²) >= 11 is 0. The van der Waals surface area contributed by atoms with E-state index in [0.29, 0.717) is 51.0 Å². The predicted octanol–water partition coefficient (Wildman–Crippen LogP) is 0.766. The Morgan fingerprint density at radius 2 is 1.91 bits per heavy atom. The first-order valence-corrected chi connectivity index (χ1v) is 8.98. The minimum absolute atomic E-state index is 0.00416. The number of ether oxygens (including phenoxy) is 1. The molecule has 0 aromatic rings. The van der Waals surface area contributed by atoms with E-state index < -0.39 is 6.04 Å². The number of hydrogen-bond donors (Lipinski definition) is 2. The zero-order valence-corrected chi connectivity index (χ0v) is 14.5. The van der Waals surface area contributed by atoms with E-state index >= 15 is 0 Å². The normalized spacial score (nSPS) is 22.4. The summed E-state index contributed by atoms with van der Waals surface area (Å²) in [5.41, 5.74) is 0. The topological polar surface area (TPSA) is 70.7 Å². The number of nitrogens with zero attached hydrogens (tertiary/aromatic N) is 1. The molecule has 2 aliphatic heterocycles. The molecule has 0 spiro atoms. The first-order chi connectivity index (χ1) is 11.1. The first kappa shape index (κ1) is 18.2. The van der Waals surface area contributed by atoms with Crippen LogP contribution in [0.5, 0.6) is 0 Å². The number of carbonyl (C=O) groups excluding carboxylic acids is 2. The molecular formula is C17H31N3O3.